The summed E-state index contributed by atoms with van der Waals surface area (Å²) in [6.45, 7) is 7.49. The molecule has 7 nitrogen and oxygen atoms in total. The molecule has 41 heavy (non-hydrogen) atoms. The van der Waals surface area contributed by atoms with E-state index in [2.05, 4.69) is 44.7 Å². The highest BCUT2D eigenvalue weighted by molar-refractivity contribution is 6.34. The summed E-state index contributed by atoms with van der Waals surface area (Å²) < 4.78 is 0. The van der Waals surface area contributed by atoms with Crippen LogP contribution in [0, 0.1) is 6.92 Å². The van der Waals surface area contributed by atoms with Gasteiger partial charge in [-0.05, 0) is 99.0 Å². The lowest BCUT2D eigenvalue weighted by atomic mass is 9.96. The molecule has 2 aromatic heterocycles. The first kappa shape index (κ1) is 26.6. The number of benzene rings is 2. The van der Waals surface area contributed by atoms with E-state index in [9.17, 15) is 4.79 Å². The van der Waals surface area contributed by atoms with Crippen LogP contribution < -0.4 is 5.32 Å². The minimum Gasteiger partial charge on any atom is -0.336 e. The first-order chi connectivity index (χ1) is 20.0. The summed E-state index contributed by atoms with van der Waals surface area (Å²) in [6, 6.07) is 13.7. The smallest absolute Gasteiger partial charge is 0.255 e. The summed E-state index contributed by atoms with van der Waals surface area (Å²) in [5.74, 6) is -0.00562. The van der Waals surface area contributed by atoms with Crippen LogP contribution in [-0.4, -0.2) is 76.2 Å². The molecule has 1 unspecified atom stereocenters. The molecule has 8 heteroatoms. The Hall–Kier alpha value is -3.26. The molecule has 4 aromatic rings. The Balaban J connectivity index is 1.17. The molecular formula is C33H37ClN6O. The molecule has 212 valence electrons. The van der Waals surface area contributed by atoms with E-state index in [0.29, 0.717) is 35.4 Å². The largest absolute Gasteiger partial charge is 0.336 e. The quantitative estimate of drug-likeness (QED) is 0.311. The molecule has 1 atom stereocenters. The third-order valence-electron chi connectivity index (χ3n) is 9.29. The lowest BCUT2D eigenvalue weighted by Crippen LogP contribution is -2.46. The van der Waals surface area contributed by atoms with Crippen LogP contribution in [0.25, 0.3) is 33.4 Å². The number of pyridine rings is 1. The molecule has 0 radical (unpaired) electrons. The van der Waals surface area contributed by atoms with Gasteiger partial charge in [0.2, 0.25) is 0 Å². The van der Waals surface area contributed by atoms with Crippen molar-refractivity contribution in [3.05, 3.63) is 69.9 Å². The van der Waals surface area contributed by atoms with Gasteiger partial charge in [0, 0.05) is 54.9 Å². The number of rotatable bonds is 4. The predicted octanol–water partition coefficient (Wildman–Crippen LogP) is 5.64. The first-order valence-electron chi connectivity index (χ1n) is 15.1. The molecule has 2 aliphatic heterocycles. The number of nitrogens with zero attached hydrogens (tertiary/aromatic N) is 4. The maximum atomic E-state index is 13.2. The van der Waals surface area contributed by atoms with Gasteiger partial charge in [-0.25, -0.2) is 4.98 Å². The van der Waals surface area contributed by atoms with Gasteiger partial charge in [0.1, 0.15) is 0 Å². The summed E-state index contributed by atoms with van der Waals surface area (Å²) in [4.78, 5) is 22.5. The lowest BCUT2D eigenvalue weighted by molar-refractivity contribution is 0.0735. The van der Waals surface area contributed by atoms with E-state index in [0.717, 1.165) is 53.7 Å². The van der Waals surface area contributed by atoms with Gasteiger partial charge in [0.15, 0.2) is 5.65 Å². The number of fused-ring (bicyclic) bond motifs is 2. The fourth-order valence-corrected chi connectivity index (χ4v) is 7.35. The highest BCUT2D eigenvalue weighted by atomic mass is 35.5. The van der Waals surface area contributed by atoms with Crippen LogP contribution in [0.5, 0.6) is 0 Å². The molecule has 7 rings (SSSR count). The first-order valence-corrected chi connectivity index (χ1v) is 15.4. The van der Waals surface area contributed by atoms with Gasteiger partial charge in [-0.3, -0.25) is 9.89 Å². The number of aryl methyl sites for hydroxylation is 3. The molecule has 2 fully saturated rings. The third kappa shape index (κ3) is 5.16. The number of amides is 1. The number of nitrogens with one attached hydrogen (secondary N) is 2. The highest BCUT2D eigenvalue weighted by Crippen LogP contribution is 2.35. The van der Waals surface area contributed by atoms with Crippen molar-refractivity contribution in [2.24, 2.45) is 0 Å². The van der Waals surface area contributed by atoms with Gasteiger partial charge in [-0.1, -0.05) is 29.8 Å². The van der Waals surface area contributed by atoms with Gasteiger partial charge in [0.25, 0.3) is 5.91 Å². The summed E-state index contributed by atoms with van der Waals surface area (Å²) >= 11 is 6.76. The van der Waals surface area contributed by atoms with Crippen molar-refractivity contribution in [3.63, 3.8) is 0 Å². The predicted molar refractivity (Wildman–Crippen MR) is 165 cm³/mol. The monoisotopic (exact) mass is 568 g/mol. The fourth-order valence-electron chi connectivity index (χ4n) is 7.01. The van der Waals surface area contributed by atoms with Crippen molar-refractivity contribution < 1.29 is 4.79 Å². The molecule has 1 aliphatic carbocycles. The summed E-state index contributed by atoms with van der Waals surface area (Å²) in [5.41, 5.74) is 9.12. The van der Waals surface area contributed by atoms with Gasteiger partial charge in [-0.15, -0.1) is 0 Å². The van der Waals surface area contributed by atoms with E-state index in [1.165, 1.54) is 55.5 Å². The van der Waals surface area contributed by atoms with Gasteiger partial charge >= 0.3 is 0 Å². The van der Waals surface area contributed by atoms with Crippen LogP contribution in [0.3, 0.4) is 0 Å². The van der Waals surface area contributed by atoms with Crippen molar-refractivity contribution in [3.8, 4) is 22.4 Å². The van der Waals surface area contributed by atoms with Gasteiger partial charge < -0.3 is 15.1 Å². The van der Waals surface area contributed by atoms with Crippen molar-refractivity contribution in [2.75, 3.05) is 39.3 Å². The number of likely N-dealkylation sites (tertiary alicyclic amines) is 1. The molecule has 2 N–H and O–H groups in total. The number of carbonyl (C=O) groups is 1. The Labute approximate surface area is 246 Å². The topological polar surface area (TPSA) is 77.2 Å². The average molecular weight is 569 g/mol. The molecular weight excluding hydrogens is 532 g/mol. The number of aromatic amines is 1. The summed E-state index contributed by atoms with van der Waals surface area (Å²) in [7, 11) is 0. The molecule has 4 heterocycles. The standard InChI is InChI=1S/C33H37ClN6O/c1-21-16-25(19-29(34)30(21)33(41)40-14-10-35-11-15-40)31-28-18-26(20-36-32(28)38-37-31)24-5-4-22-6-8-27(9-7-23(22)17-24)39-12-2-3-13-39/h4-5,16-20,27,35H,2-3,6-15H2,1H3,(H,36,37,38). The van der Waals surface area contributed by atoms with Gasteiger partial charge in [0.05, 0.1) is 16.3 Å². The minimum absolute atomic E-state index is 0.00562. The fraction of sp³-hybridized carbons (Fsp3) is 0.424. The van der Waals surface area contributed by atoms with Gasteiger partial charge in [-0.2, -0.15) is 5.10 Å². The number of halogens is 1. The second-order valence-electron chi connectivity index (χ2n) is 11.8. The van der Waals surface area contributed by atoms with E-state index in [1.807, 2.05) is 30.2 Å². The lowest BCUT2D eigenvalue weighted by Gasteiger charge is -2.28. The van der Waals surface area contributed by atoms with Crippen LogP contribution in [0.2, 0.25) is 5.02 Å². The summed E-state index contributed by atoms with van der Waals surface area (Å²) in [5, 5.41) is 12.4. The molecule has 0 spiro atoms. The number of aromatic nitrogens is 3. The molecule has 2 saturated heterocycles. The zero-order valence-corrected chi connectivity index (χ0v) is 24.4. The molecule has 2 aromatic carbocycles. The Kier molecular flexibility index (Phi) is 7.27. The van der Waals surface area contributed by atoms with Crippen molar-refractivity contribution in [1.29, 1.82) is 0 Å². The maximum absolute atomic E-state index is 13.2. The van der Waals surface area contributed by atoms with Crippen LogP contribution >= 0.6 is 11.6 Å². The van der Waals surface area contributed by atoms with E-state index >= 15 is 0 Å². The zero-order valence-electron chi connectivity index (χ0n) is 23.7. The van der Waals surface area contributed by atoms with E-state index in [4.69, 9.17) is 16.6 Å². The Morgan fingerprint density at radius 2 is 1.71 bits per heavy atom. The van der Waals surface area contributed by atoms with Crippen molar-refractivity contribution in [1.82, 2.24) is 30.3 Å². The van der Waals surface area contributed by atoms with E-state index in [-0.39, 0.29) is 5.91 Å². The van der Waals surface area contributed by atoms with Crippen LogP contribution in [0.4, 0.5) is 0 Å². The molecule has 0 bridgehead atoms. The molecule has 3 aliphatic rings. The number of hydrogen-bond acceptors (Lipinski definition) is 5. The Morgan fingerprint density at radius 1 is 0.927 bits per heavy atom. The van der Waals surface area contributed by atoms with E-state index in [1.54, 1.807) is 0 Å². The van der Waals surface area contributed by atoms with Crippen LogP contribution in [0.15, 0.2) is 42.6 Å². The average Bonchev–Trinajstić information content (AvgIpc) is 3.63. The maximum Gasteiger partial charge on any atom is 0.255 e. The highest BCUT2D eigenvalue weighted by Gasteiger charge is 2.25. The molecule has 0 saturated carbocycles. The van der Waals surface area contributed by atoms with Crippen LogP contribution in [0.1, 0.15) is 52.7 Å². The zero-order chi connectivity index (χ0) is 27.9. The Morgan fingerprint density at radius 3 is 2.49 bits per heavy atom. The number of carbonyl (C=O) groups excluding carboxylic acids is 1. The number of piperazine rings is 1. The van der Waals surface area contributed by atoms with Crippen molar-refractivity contribution >= 4 is 28.5 Å². The van der Waals surface area contributed by atoms with Crippen molar-refractivity contribution in [2.45, 2.75) is 51.5 Å². The third-order valence-corrected chi connectivity index (χ3v) is 9.59. The van der Waals surface area contributed by atoms with Crippen LogP contribution in [-0.2, 0) is 12.8 Å². The SMILES string of the molecule is Cc1cc(-c2[nH]nc3ncc(-c4ccc5c(c4)CCC(N4CCCC4)CC5)cc23)cc(Cl)c1C(=O)N1CCNCC1. The summed E-state index contributed by atoms with van der Waals surface area (Å²) in [6.07, 6.45) is 9.42. The number of H-pyrrole nitrogens is 1. The minimum atomic E-state index is -0.00562. The van der Waals surface area contributed by atoms with E-state index < -0.39 is 0 Å². The molecule has 1 amide bonds. The second kappa shape index (κ2) is 11.2. The normalized spacial score (nSPS) is 19.9. The Bertz CT molecular complexity index is 1580. The second-order valence-corrected chi connectivity index (χ2v) is 12.3. The number of hydrogen-bond donors (Lipinski definition) is 2.